The number of rotatable bonds is 9. The van der Waals surface area contributed by atoms with Crippen LogP contribution in [0.3, 0.4) is 0 Å². The zero-order chi connectivity index (χ0) is 23.5. The Labute approximate surface area is 188 Å². The molecular weight excluding hydrogens is 430 g/mol. The molecule has 0 fully saturated rings. The van der Waals surface area contributed by atoms with Crippen LogP contribution >= 0.6 is 0 Å². The summed E-state index contributed by atoms with van der Waals surface area (Å²) >= 11 is 0. The van der Waals surface area contributed by atoms with Gasteiger partial charge >= 0.3 is 0 Å². The second-order valence-electron chi connectivity index (χ2n) is 7.38. The van der Waals surface area contributed by atoms with Gasteiger partial charge in [-0.1, -0.05) is 6.07 Å². The SMILES string of the molecule is CCOc1ccc(CNC(=O)c2cc3cc(S(=O)(=O)N(C)C)ccc3n2CC)cc1OC. The van der Waals surface area contributed by atoms with Crippen molar-refractivity contribution in [3.05, 3.63) is 53.7 Å². The van der Waals surface area contributed by atoms with Gasteiger partial charge in [-0.2, -0.15) is 0 Å². The molecule has 1 amide bonds. The van der Waals surface area contributed by atoms with Gasteiger partial charge < -0.3 is 19.4 Å². The van der Waals surface area contributed by atoms with Crippen LogP contribution in [-0.2, 0) is 23.1 Å². The minimum absolute atomic E-state index is 0.191. The van der Waals surface area contributed by atoms with E-state index in [0.29, 0.717) is 42.3 Å². The lowest BCUT2D eigenvalue weighted by Crippen LogP contribution is -2.25. The Balaban J connectivity index is 1.86. The molecule has 172 valence electrons. The van der Waals surface area contributed by atoms with Gasteiger partial charge in [-0.3, -0.25) is 4.79 Å². The fourth-order valence-corrected chi connectivity index (χ4v) is 4.46. The van der Waals surface area contributed by atoms with E-state index in [9.17, 15) is 13.2 Å². The lowest BCUT2D eigenvalue weighted by Gasteiger charge is -2.12. The Kier molecular flexibility index (Phi) is 7.10. The number of fused-ring (bicyclic) bond motifs is 1. The molecule has 3 rings (SSSR count). The van der Waals surface area contributed by atoms with Crippen molar-refractivity contribution in [1.29, 1.82) is 0 Å². The highest BCUT2D eigenvalue weighted by Gasteiger charge is 2.20. The molecule has 1 aromatic heterocycles. The molecule has 2 aromatic carbocycles. The molecule has 0 radical (unpaired) electrons. The van der Waals surface area contributed by atoms with Crippen molar-refractivity contribution in [2.45, 2.75) is 31.8 Å². The van der Waals surface area contributed by atoms with E-state index in [0.717, 1.165) is 11.1 Å². The van der Waals surface area contributed by atoms with E-state index < -0.39 is 10.0 Å². The maximum Gasteiger partial charge on any atom is 0.268 e. The average molecular weight is 460 g/mol. The second kappa shape index (κ2) is 9.62. The molecule has 1 N–H and O–H groups in total. The van der Waals surface area contributed by atoms with Crippen molar-refractivity contribution in [3.63, 3.8) is 0 Å². The number of methoxy groups -OCH3 is 1. The van der Waals surface area contributed by atoms with Gasteiger partial charge in [0.1, 0.15) is 5.69 Å². The summed E-state index contributed by atoms with van der Waals surface area (Å²) in [4.78, 5) is 13.2. The lowest BCUT2D eigenvalue weighted by atomic mass is 10.2. The molecule has 32 heavy (non-hydrogen) atoms. The Hall–Kier alpha value is -3.04. The number of nitrogens with zero attached hydrogens (tertiary/aromatic N) is 2. The molecule has 0 aliphatic heterocycles. The zero-order valence-electron chi connectivity index (χ0n) is 19.0. The summed E-state index contributed by atoms with van der Waals surface area (Å²) in [6.45, 7) is 5.26. The minimum atomic E-state index is -3.56. The zero-order valence-corrected chi connectivity index (χ0v) is 19.8. The predicted octanol–water partition coefficient (Wildman–Crippen LogP) is 3.25. The first-order chi connectivity index (χ1) is 15.2. The number of hydrogen-bond acceptors (Lipinski definition) is 5. The summed E-state index contributed by atoms with van der Waals surface area (Å²) in [5.41, 5.74) is 2.15. The Morgan fingerprint density at radius 2 is 1.81 bits per heavy atom. The molecule has 0 saturated heterocycles. The second-order valence-corrected chi connectivity index (χ2v) is 9.53. The largest absolute Gasteiger partial charge is 0.493 e. The molecule has 0 saturated carbocycles. The van der Waals surface area contributed by atoms with Gasteiger partial charge in [0.25, 0.3) is 5.91 Å². The Morgan fingerprint density at radius 3 is 2.44 bits per heavy atom. The van der Waals surface area contributed by atoms with Crippen LogP contribution in [0.2, 0.25) is 0 Å². The quantitative estimate of drug-likeness (QED) is 0.531. The molecule has 0 bridgehead atoms. The van der Waals surface area contributed by atoms with Crippen molar-refractivity contribution in [2.75, 3.05) is 27.8 Å². The summed E-state index contributed by atoms with van der Waals surface area (Å²) in [5.74, 6) is 1.02. The molecule has 0 aliphatic rings. The monoisotopic (exact) mass is 459 g/mol. The predicted molar refractivity (Wildman–Crippen MR) is 124 cm³/mol. The number of aromatic nitrogens is 1. The van der Waals surface area contributed by atoms with Crippen LogP contribution < -0.4 is 14.8 Å². The van der Waals surface area contributed by atoms with Gasteiger partial charge in [-0.05, 0) is 55.8 Å². The summed E-state index contributed by atoms with van der Waals surface area (Å²) in [6, 6.07) is 12.2. The van der Waals surface area contributed by atoms with Crippen LogP contribution in [0, 0.1) is 0 Å². The van der Waals surface area contributed by atoms with Crippen LogP contribution in [0.1, 0.15) is 29.9 Å². The molecule has 1 heterocycles. The first kappa shape index (κ1) is 23.6. The number of ether oxygens (including phenoxy) is 2. The van der Waals surface area contributed by atoms with Crippen molar-refractivity contribution >= 4 is 26.8 Å². The van der Waals surface area contributed by atoms with Crippen molar-refractivity contribution < 1.29 is 22.7 Å². The highest BCUT2D eigenvalue weighted by atomic mass is 32.2. The van der Waals surface area contributed by atoms with E-state index in [1.807, 2.05) is 36.6 Å². The van der Waals surface area contributed by atoms with E-state index in [1.54, 1.807) is 31.4 Å². The van der Waals surface area contributed by atoms with Crippen LogP contribution in [0.5, 0.6) is 11.5 Å². The number of hydrogen-bond donors (Lipinski definition) is 1. The maximum absolute atomic E-state index is 13.0. The fourth-order valence-electron chi connectivity index (χ4n) is 3.52. The van der Waals surface area contributed by atoms with E-state index >= 15 is 0 Å². The van der Waals surface area contributed by atoms with Gasteiger partial charge in [-0.15, -0.1) is 0 Å². The first-order valence-electron chi connectivity index (χ1n) is 10.4. The summed E-state index contributed by atoms with van der Waals surface area (Å²) in [5, 5.41) is 3.63. The fraction of sp³-hybridized carbons (Fsp3) is 0.348. The number of sulfonamides is 1. The topological polar surface area (TPSA) is 89.9 Å². The number of aryl methyl sites for hydroxylation is 1. The first-order valence-corrected chi connectivity index (χ1v) is 11.8. The smallest absolute Gasteiger partial charge is 0.268 e. The van der Waals surface area contributed by atoms with E-state index in [2.05, 4.69) is 5.32 Å². The highest BCUT2D eigenvalue weighted by Crippen LogP contribution is 2.28. The van der Waals surface area contributed by atoms with Gasteiger partial charge in [0.15, 0.2) is 11.5 Å². The van der Waals surface area contributed by atoms with Crippen molar-refractivity contribution in [3.8, 4) is 11.5 Å². The molecule has 0 aliphatic carbocycles. The van der Waals surface area contributed by atoms with E-state index in [-0.39, 0.29) is 10.8 Å². The third-order valence-electron chi connectivity index (χ3n) is 5.18. The lowest BCUT2D eigenvalue weighted by molar-refractivity contribution is 0.0942. The summed E-state index contributed by atoms with van der Waals surface area (Å²) < 4.78 is 38.9. The number of amides is 1. The van der Waals surface area contributed by atoms with Crippen LogP contribution in [-0.4, -0.2) is 51.0 Å². The van der Waals surface area contributed by atoms with Gasteiger partial charge in [-0.25, -0.2) is 12.7 Å². The van der Waals surface area contributed by atoms with E-state index in [4.69, 9.17) is 9.47 Å². The van der Waals surface area contributed by atoms with E-state index in [1.165, 1.54) is 18.4 Å². The number of carbonyl (C=O) groups is 1. The third-order valence-corrected chi connectivity index (χ3v) is 6.99. The van der Waals surface area contributed by atoms with Crippen molar-refractivity contribution in [1.82, 2.24) is 14.2 Å². The number of benzene rings is 2. The van der Waals surface area contributed by atoms with Crippen molar-refractivity contribution in [2.24, 2.45) is 0 Å². The molecule has 8 nitrogen and oxygen atoms in total. The molecule has 9 heteroatoms. The minimum Gasteiger partial charge on any atom is -0.493 e. The van der Waals surface area contributed by atoms with Crippen LogP contribution in [0.4, 0.5) is 0 Å². The van der Waals surface area contributed by atoms with Gasteiger partial charge in [0.2, 0.25) is 10.0 Å². The molecule has 0 spiro atoms. The summed E-state index contributed by atoms with van der Waals surface area (Å²) in [7, 11) is 0.999. The normalized spacial score (nSPS) is 11.7. The average Bonchev–Trinajstić information content (AvgIpc) is 3.16. The molecule has 3 aromatic rings. The molecule has 0 unspecified atom stereocenters. The van der Waals surface area contributed by atoms with Gasteiger partial charge in [0, 0.05) is 38.1 Å². The number of nitrogens with one attached hydrogen (secondary N) is 1. The molecular formula is C23H29N3O5S. The highest BCUT2D eigenvalue weighted by molar-refractivity contribution is 7.89. The van der Waals surface area contributed by atoms with Crippen LogP contribution in [0.25, 0.3) is 10.9 Å². The summed E-state index contributed by atoms with van der Waals surface area (Å²) in [6.07, 6.45) is 0. The van der Waals surface area contributed by atoms with Crippen LogP contribution in [0.15, 0.2) is 47.4 Å². The van der Waals surface area contributed by atoms with Gasteiger partial charge in [0.05, 0.1) is 18.6 Å². The molecule has 0 atom stereocenters. The Bertz CT molecular complexity index is 1230. The third kappa shape index (κ3) is 4.58. The standard InChI is InChI=1S/C23H29N3O5S/c1-6-26-19-10-9-18(32(28,29)25(3)4)13-17(19)14-20(26)23(27)24-15-16-8-11-21(31-7-2)22(12-16)30-5/h8-14H,6-7,15H2,1-5H3,(H,24,27). The maximum atomic E-state index is 13.0. The number of carbonyl (C=O) groups excluding carboxylic acids is 1. The Morgan fingerprint density at radius 1 is 1.06 bits per heavy atom.